The Balaban J connectivity index is 2.49. The summed E-state index contributed by atoms with van der Waals surface area (Å²) in [5.74, 6) is 0.705. The van der Waals surface area contributed by atoms with Crippen LogP contribution in [-0.2, 0) is 9.47 Å². The van der Waals surface area contributed by atoms with Gasteiger partial charge in [0.05, 0.1) is 19.3 Å². The van der Waals surface area contributed by atoms with E-state index in [9.17, 15) is 4.79 Å². The number of hydrogen-bond donors (Lipinski definition) is 1. The van der Waals surface area contributed by atoms with Crippen molar-refractivity contribution in [3.63, 3.8) is 0 Å². The van der Waals surface area contributed by atoms with Crippen LogP contribution in [0.2, 0.25) is 0 Å². The molecule has 22 heavy (non-hydrogen) atoms. The Morgan fingerprint density at radius 1 is 1.36 bits per heavy atom. The second kappa shape index (κ2) is 8.73. The van der Waals surface area contributed by atoms with Crippen LogP contribution >= 0.6 is 0 Å². The Bertz CT molecular complexity index is 339. The third-order valence-electron chi connectivity index (χ3n) is 3.70. The van der Waals surface area contributed by atoms with E-state index < -0.39 is 5.60 Å². The average Bonchev–Trinajstić information content (AvgIpc) is 2.36. The number of nitrogens with zero attached hydrogens (tertiary/aromatic N) is 1. The van der Waals surface area contributed by atoms with Gasteiger partial charge in [0.25, 0.3) is 0 Å². The maximum atomic E-state index is 12.3. The van der Waals surface area contributed by atoms with Gasteiger partial charge in [-0.25, -0.2) is 4.79 Å². The first-order valence-corrected chi connectivity index (χ1v) is 8.50. The molecular formula is C17H34N2O3. The zero-order valence-corrected chi connectivity index (χ0v) is 15.1. The van der Waals surface area contributed by atoms with Gasteiger partial charge in [0.1, 0.15) is 5.60 Å². The third-order valence-corrected chi connectivity index (χ3v) is 3.70. The zero-order chi connectivity index (χ0) is 16.8. The Morgan fingerprint density at radius 3 is 2.64 bits per heavy atom. The van der Waals surface area contributed by atoms with Crippen molar-refractivity contribution >= 4 is 6.09 Å². The molecule has 0 spiro atoms. The van der Waals surface area contributed by atoms with Crippen molar-refractivity contribution in [2.45, 2.75) is 72.1 Å². The summed E-state index contributed by atoms with van der Waals surface area (Å²) in [6, 6.07) is 0.445. The predicted molar refractivity (Wildman–Crippen MR) is 89.1 cm³/mol. The summed E-state index contributed by atoms with van der Waals surface area (Å²) in [5, 5.41) is 3.53. The van der Waals surface area contributed by atoms with E-state index in [0.717, 1.165) is 13.0 Å². The van der Waals surface area contributed by atoms with E-state index in [0.29, 0.717) is 31.7 Å². The fourth-order valence-corrected chi connectivity index (χ4v) is 2.52. The Kier molecular flexibility index (Phi) is 7.63. The molecule has 130 valence electrons. The molecule has 1 heterocycles. The van der Waals surface area contributed by atoms with Crippen LogP contribution in [0.25, 0.3) is 0 Å². The van der Waals surface area contributed by atoms with E-state index in [-0.39, 0.29) is 12.1 Å². The molecule has 5 heteroatoms. The number of nitrogens with one attached hydrogen (secondary N) is 1. The second-order valence-corrected chi connectivity index (χ2v) is 7.68. The molecule has 1 amide bonds. The molecule has 1 aliphatic heterocycles. The van der Waals surface area contributed by atoms with Crippen molar-refractivity contribution in [1.82, 2.24) is 10.2 Å². The van der Waals surface area contributed by atoms with Gasteiger partial charge in [-0.3, -0.25) is 0 Å². The van der Waals surface area contributed by atoms with Crippen molar-refractivity contribution in [2.75, 3.05) is 26.3 Å². The van der Waals surface area contributed by atoms with Crippen LogP contribution in [0.5, 0.6) is 0 Å². The van der Waals surface area contributed by atoms with Gasteiger partial charge < -0.3 is 19.7 Å². The zero-order valence-electron chi connectivity index (χ0n) is 15.1. The topological polar surface area (TPSA) is 50.8 Å². The molecule has 2 unspecified atom stereocenters. The number of carbonyl (C=O) groups is 1. The van der Waals surface area contributed by atoms with Gasteiger partial charge in [-0.05, 0) is 53.0 Å². The third kappa shape index (κ3) is 7.45. The van der Waals surface area contributed by atoms with Crippen LogP contribution in [0.4, 0.5) is 4.79 Å². The van der Waals surface area contributed by atoms with Crippen LogP contribution in [0, 0.1) is 5.92 Å². The number of amides is 1. The largest absolute Gasteiger partial charge is 0.444 e. The number of morpholine rings is 1. The quantitative estimate of drug-likeness (QED) is 0.819. The molecule has 0 aliphatic carbocycles. The van der Waals surface area contributed by atoms with Crippen LogP contribution in [0.15, 0.2) is 0 Å². The second-order valence-electron chi connectivity index (χ2n) is 7.68. The molecular weight excluding hydrogens is 280 g/mol. The minimum absolute atomic E-state index is 0.0881. The van der Waals surface area contributed by atoms with Crippen molar-refractivity contribution in [2.24, 2.45) is 5.92 Å². The normalized spacial score (nSPS) is 21.0. The van der Waals surface area contributed by atoms with E-state index in [4.69, 9.17) is 9.47 Å². The summed E-state index contributed by atoms with van der Waals surface area (Å²) in [6.45, 7) is 15.1. The van der Waals surface area contributed by atoms with Gasteiger partial charge in [-0.2, -0.15) is 0 Å². The first-order chi connectivity index (χ1) is 10.2. The molecule has 1 fully saturated rings. The summed E-state index contributed by atoms with van der Waals surface area (Å²) in [4.78, 5) is 14.2. The van der Waals surface area contributed by atoms with Gasteiger partial charge in [0.2, 0.25) is 0 Å². The Hall–Kier alpha value is -0.810. The van der Waals surface area contributed by atoms with Crippen LogP contribution in [0.3, 0.4) is 0 Å². The fourth-order valence-electron chi connectivity index (χ4n) is 2.52. The lowest BCUT2D eigenvalue weighted by molar-refractivity contribution is -0.0355. The average molecular weight is 314 g/mol. The molecule has 5 nitrogen and oxygen atoms in total. The van der Waals surface area contributed by atoms with E-state index in [1.165, 1.54) is 6.42 Å². The molecule has 0 bridgehead atoms. The smallest absolute Gasteiger partial charge is 0.410 e. The monoisotopic (exact) mass is 314 g/mol. The Morgan fingerprint density at radius 2 is 2.05 bits per heavy atom. The molecule has 0 aromatic rings. The van der Waals surface area contributed by atoms with E-state index >= 15 is 0 Å². The van der Waals surface area contributed by atoms with Crippen molar-refractivity contribution in [1.29, 1.82) is 0 Å². The molecule has 0 aromatic heterocycles. The number of rotatable bonds is 6. The minimum Gasteiger partial charge on any atom is -0.444 e. The summed E-state index contributed by atoms with van der Waals surface area (Å²) in [7, 11) is 0. The number of hydrogen-bond acceptors (Lipinski definition) is 4. The molecule has 1 rings (SSSR count). The highest BCUT2D eigenvalue weighted by Crippen LogP contribution is 2.17. The highest BCUT2D eigenvalue weighted by Gasteiger charge is 2.31. The van der Waals surface area contributed by atoms with Gasteiger partial charge in [0, 0.05) is 12.6 Å². The van der Waals surface area contributed by atoms with E-state index in [2.05, 4.69) is 26.1 Å². The van der Waals surface area contributed by atoms with E-state index in [1.807, 2.05) is 25.7 Å². The highest BCUT2D eigenvalue weighted by atomic mass is 16.6. The summed E-state index contributed by atoms with van der Waals surface area (Å²) < 4.78 is 11.1. The van der Waals surface area contributed by atoms with Crippen molar-refractivity contribution in [3.05, 3.63) is 0 Å². The van der Waals surface area contributed by atoms with Gasteiger partial charge in [-0.1, -0.05) is 13.8 Å². The predicted octanol–water partition coefficient (Wildman–Crippen LogP) is 3.04. The van der Waals surface area contributed by atoms with Crippen molar-refractivity contribution in [3.8, 4) is 0 Å². The molecule has 0 radical (unpaired) electrons. The number of carbonyl (C=O) groups excluding carboxylic acids is 1. The first kappa shape index (κ1) is 19.2. The number of ether oxygens (including phenoxy) is 2. The van der Waals surface area contributed by atoms with Crippen molar-refractivity contribution < 1.29 is 14.3 Å². The molecule has 1 aliphatic rings. The summed E-state index contributed by atoms with van der Waals surface area (Å²) >= 11 is 0. The van der Waals surface area contributed by atoms with Gasteiger partial charge in [-0.15, -0.1) is 0 Å². The maximum absolute atomic E-state index is 12.3. The molecule has 2 atom stereocenters. The fraction of sp³-hybridized carbons (Fsp3) is 0.941. The molecule has 1 N–H and O–H groups in total. The van der Waals surface area contributed by atoms with Crippen LogP contribution in [0.1, 0.15) is 54.4 Å². The lowest BCUT2D eigenvalue weighted by Gasteiger charge is -2.37. The molecule has 1 saturated heterocycles. The minimum atomic E-state index is -0.457. The summed E-state index contributed by atoms with van der Waals surface area (Å²) in [5.41, 5.74) is -0.457. The standard InChI is InChI=1S/C17H34N2O3/c1-13(2)7-8-18-14(3)11-15-12-21-10-9-19(15)16(20)22-17(4,5)6/h13-15,18H,7-12H2,1-6H3. The summed E-state index contributed by atoms with van der Waals surface area (Å²) in [6.07, 6.45) is 1.83. The lowest BCUT2D eigenvalue weighted by Crippen LogP contribution is -2.52. The van der Waals surface area contributed by atoms with Gasteiger partial charge >= 0.3 is 6.09 Å². The van der Waals surface area contributed by atoms with Crippen LogP contribution < -0.4 is 5.32 Å². The first-order valence-electron chi connectivity index (χ1n) is 8.50. The molecule has 0 aromatic carbocycles. The highest BCUT2D eigenvalue weighted by molar-refractivity contribution is 5.68. The van der Waals surface area contributed by atoms with Gasteiger partial charge in [0.15, 0.2) is 0 Å². The molecule has 0 saturated carbocycles. The Labute approximate surface area is 135 Å². The maximum Gasteiger partial charge on any atom is 0.410 e. The van der Waals surface area contributed by atoms with E-state index in [1.54, 1.807) is 0 Å². The SMILES string of the molecule is CC(C)CCNC(C)CC1COCCN1C(=O)OC(C)(C)C. The van der Waals surface area contributed by atoms with Crippen LogP contribution in [-0.4, -0.2) is 55.0 Å². The lowest BCUT2D eigenvalue weighted by atomic mass is 10.1.